The molecular weight excluding hydrogens is 229 g/mol. The van der Waals surface area contributed by atoms with Crippen molar-refractivity contribution in [1.82, 2.24) is 0 Å². The number of benzene rings is 1. The van der Waals surface area contributed by atoms with Crippen LogP contribution >= 0.6 is 0 Å². The molecule has 0 saturated heterocycles. The third-order valence-corrected chi connectivity index (χ3v) is 2.74. The zero-order chi connectivity index (χ0) is 13.2. The van der Waals surface area contributed by atoms with Crippen LogP contribution in [0.15, 0.2) is 30.9 Å². The summed E-state index contributed by atoms with van der Waals surface area (Å²) in [5.41, 5.74) is 6.34. The van der Waals surface area contributed by atoms with Crippen molar-refractivity contribution in [2.24, 2.45) is 5.73 Å². The first-order valence-corrected chi connectivity index (χ1v) is 6.50. The number of allylic oxidation sites excluding steroid dienone is 1. The molecule has 100 valence electrons. The number of halogens is 1. The minimum Gasteiger partial charge on any atom is -0.491 e. The van der Waals surface area contributed by atoms with Crippen LogP contribution in [0.4, 0.5) is 4.39 Å². The number of rotatable bonds is 9. The third kappa shape index (κ3) is 5.32. The van der Waals surface area contributed by atoms with Gasteiger partial charge < -0.3 is 10.5 Å². The SMILES string of the molecule is C=CCCCCCOc1ccc(CCN)cc1F. The van der Waals surface area contributed by atoms with E-state index in [2.05, 4.69) is 6.58 Å². The molecule has 0 atom stereocenters. The highest BCUT2D eigenvalue weighted by molar-refractivity contribution is 5.29. The Labute approximate surface area is 109 Å². The molecule has 18 heavy (non-hydrogen) atoms. The smallest absolute Gasteiger partial charge is 0.165 e. The molecule has 0 aliphatic heterocycles. The predicted octanol–water partition coefficient (Wildman–Crippen LogP) is 3.45. The molecular formula is C15H22FNO. The van der Waals surface area contributed by atoms with Gasteiger partial charge >= 0.3 is 0 Å². The molecule has 0 aliphatic carbocycles. The summed E-state index contributed by atoms with van der Waals surface area (Å²) in [5.74, 6) is 0.0338. The van der Waals surface area contributed by atoms with E-state index in [4.69, 9.17) is 10.5 Å². The predicted molar refractivity (Wildman–Crippen MR) is 73.3 cm³/mol. The van der Waals surface area contributed by atoms with Crippen molar-refractivity contribution in [2.45, 2.75) is 32.1 Å². The molecule has 0 radical (unpaired) electrons. The summed E-state index contributed by atoms with van der Waals surface area (Å²) in [6, 6.07) is 5.05. The van der Waals surface area contributed by atoms with Gasteiger partial charge in [0.05, 0.1) is 6.61 Å². The topological polar surface area (TPSA) is 35.2 Å². The molecule has 0 fully saturated rings. The van der Waals surface area contributed by atoms with Gasteiger partial charge in [-0.1, -0.05) is 12.1 Å². The highest BCUT2D eigenvalue weighted by Gasteiger charge is 2.04. The summed E-state index contributed by atoms with van der Waals surface area (Å²) < 4.78 is 19.0. The summed E-state index contributed by atoms with van der Waals surface area (Å²) in [7, 11) is 0. The Hall–Kier alpha value is -1.35. The summed E-state index contributed by atoms with van der Waals surface area (Å²) in [6.45, 7) is 4.76. The maximum absolute atomic E-state index is 13.6. The summed E-state index contributed by atoms with van der Waals surface area (Å²) in [4.78, 5) is 0. The molecule has 2 nitrogen and oxygen atoms in total. The Morgan fingerprint density at radius 1 is 1.28 bits per heavy atom. The second kappa shape index (κ2) is 8.70. The quantitative estimate of drug-likeness (QED) is 0.539. The zero-order valence-corrected chi connectivity index (χ0v) is 10.8. The van der Waals surface area contributed by atoms with Crippen LogP contribution in [0.3, 0.4) is 0 Å². The lowest BCUT2D eigenvalue weighted by atomic mass is 10.1. The van der Waals surface area contributed by atoms with Crippen molar-refractivity contribution < 1.29 is 9.13 Å². The van der Waals surface area contributed by atoms with Gasteiger partial charge in [0.25, 0.3) is 0 Å². The average Bonchev–Trinajstić information content (AvgIpc) is 2.36. The maximum Gasteiger partial charge on any atom is 0.165 e. The van der Waals surface area contributed by atoms with E-state index in [9.17, 15) is 4.39 Å². The van der Waals surface area contributed by atoms with E-state index in [0.717, 1.165) is 31.2 Å². The highest BCUT2D eigenvalue weighted by atomic mass is 19.1. The zero-order valence-electron chi connectivity index (χ0n) is 10.8. The van der Waals surface area contributed by atoms with Gasteiger partial charge in [-0.15, -0.1) is 6.58 Å². The van der Waals surface area contributed by atoms with E-state index in [1.807, 2.05) is 12.1 Å². The number of nitrogens with two attached hydrogens (primary N) is 1. The van der Waals surface area contributed by atoms with Gasteiger partial charge in [-0.25, -0.2) is 4.39 Å². The average molecular weight is 251 g/mol. The molecule has 0 aliphatic rings. The van der Waals surface area contributed by atoms with Crippen molar-refractivity contribution in [3.8, 4) is 5.75 Å². The molecule has 0 amide bonds. The Balaban J connectivity index is 2.31. The van der Waals surface area contributed by atoms with Gasteiger partial charge in [-0.3, -0.25) is 0 Å². The third-order valence-electron chi connectivity index (χ3n) is 2.74. The van der Waals surface area contributed by atoms with Crippen LogP contribution in [0.5, 0.6) is 5.75 Å². The lowest BCUT2D eigenvalue weighted by Crippen LogP contribution is -2.04. The highest BCUT2D eigenvalue weighted by Crippen LogP contribution is 2.19. The summed E-state index contributed by atoms with van der Waals surface area (Å²) in [5, 5.41) is 0. The van der Waals surface area contributed by atoms with E-state index < -0.39 is 0 Å². The molecule has 1 rings (SSSR count). The van der Waals surface area contributed by atoms with Gasteiger partial charge in [-0.05, 0) is 56.3 Å². The monoisotopic (exact) mass is 251 g/mol. The van der Waals surface area contributed by atoms with Crippen molar-refractivity contribution in [3.05, 3.63) is 42.2 Å². The normalized spacial score (nSPS) is 10.3. The molecule has 0 heterocycles. The van der Waals surface area contributed by atoms with E-state index >= 15 is 0 Å². The molecule has 0 spiro atoms. The number of unbranched alkanes of at least 4 members (excludes halogenated alkanes) is 3. The molecule has 1 aromatic carbocycles. The Kier molecular flexibility index (Phi) is 7.11. The van der Waals surface area contributed by atoms with E-state index in [1.165, 1.54) is 6.07 Å². The van der Waals surface area contributed by atoms with Crippen molar-refractivity contribution in [1.29, 1.82) is 0 Å². The molecule has 0 bridgehead atoms. The number of ether oxygens (including phenoxy) is 1. The molecule has 0 aromatic heterocycles. The largest absolute Gasteiger partial charge is 0.491 e. The summed E-state index contributed by atoms with van der Waals surface area (Å²) in [6.07, 6.45) is 6.78. The molecule has 3 heteroatoms. The minimum absolute atomic E-state index is 0.299. The Morgan fingerprint density at radius 3 is 2.78 bits per heavy atom. The van der Waals surface area contributed by atoms with Crippen LogP contribution in [-0.4, -0.2) is 13.2 Å². The van der Waals surface area contributed by atoms with Gasteiger partial charge in [0, 0.05) is 0 Å². The lowest BCUT2D eigenvalue weighted by Gasteiger charge is -2.08. The maximum atomic E-state index is 13.6. The molecule has 1 aromatic rings. The first kappa shape index (κ1) is 14.7. The fourth-order valence-corrected chi connectivity index (χ4v) is 1.73. The van der Waals surface area contributed by atoms with Crippen molar-refractivity contribution in [2.75, 3.05) is 13.2 Å². The van der Waals surface area contributed by atoms with Gasteiger partial charge in [0.2, 0.25) is 0 Å². The van der Waals surface area contributed by atoms with Crippen LogP contribution in [0.2, 0.25) is 0 Å². The molecule has 2 N–H and O–H groups in total. The van der Waals surface area contributed by atoms with Crippen molar-refractivity contribution >= 4 is 0 Å². The lowest BCUT2D eigenvalue weighted by molar-refractivity contribution is 0.290. The van der Waals surface area contributed by atoms with Crippen LogP contribution in [-0.2, 0) is 6.42 Å². The van der Waals surface area contributed by atoms with Crippen LogP contribution in [0, 0.1) is 5.82 Å². The van der Waals surface area contributed by atoms with Gasteiger partial charge in [0.15, 0.2) is 11.6 Å². The first-order valence-electron chi connectivity index (χ1n) is 6.50. The molecule has 0 unspecified atom stereocenters. The van der Waals surface area contributed by atoms with Crippen LogP contribution < -0.4 is 10.5 Å². The van der Waals surface area contributed by atoms with E-state index in [0.29, 0.717) is 25.3 Å². The Morgan fingerprint density at radius 2 is 2.11 bits per heavy atom. The van der Waals surface area contributed by atoms with E-state index in [-0.39, 0.29) is 5.82 Å². The first-order chi connectivity index (χ1) is 8.77. The second-order valence-electron chi connectivity index (χ2n) is 4.29. The fraction of sp³-hybridized carbons (Fsp3) is 0.467. The Bertz CT molecular complexity index is 366. The second-order valence-corrected chi connectivity index (χ2v) is 4.29. The summed E-state index contributed by atoms with van der Waals surface area (Å²) >= 11 is 0. The van der Waals surface area contributed by atoms with Crippen molar-refractivity contribution in [3.63, 3.8) is 0 Å². The number of hydrogen-bond acceptors (Lipinski definition) is 2. The standard InChI is InChI=1S/C15H22FNO/c1-2-3-4-5-6-11-18-15-8-7-13(9-10-17)12-14(15)16/h2,7-8,12H,1,3-6,9-11,17H2. The van der Waals surface area contributed by atoms with Gasteiger partial charge in [0.1, 0.15) is 0 Å². The van der Waals surface area contributed by atoms with Gasteiger partial charge in [-0.2, -0.15) is 0 Å². The fourth-order valence-electron chi connectivity index (χ4n) is 1.73. The number of hydrogen-bond donors (Lipinski definition) is 1. The minimum atomic E-state index is -0.299. The van der Waals surface area contributed by atoms with Crippen LogP contribution in [0.1, 0.15) is 31.2 Å². The van der Waals surface area contributed by atoms with Crippen LogP contribution in [0.25, 0.3) is 0 Å². The van der Waals surface area contributed by atoms with E-state index in [1.54, 1.807) is 6.07 Å². The molecule has 0 saturated carbocycles.